The van der Waals surface area contributed by atoms with Gasteiger partial charge in [-0.15, -0.1) is 0 Å². The van der Waals surface area contributed by atoms with Gasteiger partial charge in [0.05, 0.1) is 6.54 Å². The number of nitrogens with zero attached hydrogens (tertiary/aromatic N) is 1. The number of rotatable bonds is 5. The zero-order chi connectivity index (χ0) is 14.6. The quantitative estimate of drug-likeness (QED) is 0.770. The summed E-state index contributed by atoms with van der Waals surface area (Å²) in [4.78, 5) is 25.3. The number of nitrogens with two attached hydrogens (primary N) is 2. The minimum Gasteiger partial charge on any atom is -0.368 e. The van der Waals surface area contributed by atoms with E-state index in [1.807, 2.05) is 13.8 Å². The predicted octanol–water partition coefficient (Wildman–Crippen LogP) is 0.720. The fourth-order valence-electron chi connectivity index (χ4n) is 2.79. The Morgan fingerprint density at radius 1 is 1.32 bits per heavy atom. The summed E-state index contributed by atoms with van der Waals surface area (Å²) in [5.74, 6) is 0.157. The number of primary amides is 1. The smallest absolute Gasteiger partial charge is 0.237 e. The lowest BCUT2D eigenvalue weighted by molar-refractivity contribution is -0.141. The minimum atomic E-state index is -0.457. The molecule has 0 aliphatic heterocycles. The molecule has 0 aromatic heterocycles. The Morgan fingerprint density at radius 2 is 1.95 bits per heavy atom. The third kappa shape index (κ3) is 4.82. The molecule has 2 amide bonds. The summed E-state index contributed by atoms with van der Waals surface area (Å²) in [6, 6.07) is 0.0969. The summed E-state index contributed by atoms with van der Waals surface area (Å²) in [6.07, 6.45) is 2.67. The van der Waals surface area contributed by atoms with Crippen LogP contribution >= 0.6 is 0 Å². The molecule has 19 heavy (non-hydrogen) atoms. The van der Waals surface area contributed by atoms with E-state index in [1.54, 1.807) is 4.90 Å². The zero-order valence-electron chi connectivity index (χ0n) is 12.3. The van der Waals surface area contributed by atoms with E-state index in [0.717, 1.165) is 12.8 Å². The molecule has 5 heteroatoms. The van der Waals surface area contributed by atoms with Crippen LogP contribution in [0.2, 0.25) is 0 Å². The van der Waals surface area contributed by atoms with Crippen LogP contribution in [0.3, 0.4) is 0 Å². The van der Waals surface area contributed by atoms with Gasteiger partial charge in [0.1, 0.15) is 0 Å². The molecule has 0 saturated heterocycles. The first-order valence-corrected chi connectivity index (χ1v) is 7.14. The number of hydrogen-bond donors (Lipinski definition) is 2. The van der Waals surface area contributed by atoms with Gasteiger partial charge in [0.15, 0.2) is 0 Å². The topological polar surface area (TPSA) is 89.4 Å². The van der Waals surface area contributed by atoms with Crippen molar-refractivity contribution >= 4 is 11.8 Å². The highest BCUT2D eigenvalue weighted by Gasteiger charge is 2.34. The average molecular weight is 269 g/mol. The zero-order valence-corrected chi connectivity index (χ0v) is 12.3. The van der Waals surface area contributed by atoms with E-state index in [4.69, 9.17) is 11.5 Å². The van der Waals surface area contributed by atoms with Crippen LogP contribution in [0.1, 0.15) is 40.0 Å². The number of amides is 2. The summed E-state index contributed by atoms with van der Waals surface area (Å²) < 4.78 is 0. The maximum absolute atomic E-state index is 12.6. The van der Waals surface area contributed by atoms with E-state index in [2.05, 4.69) is 6.92 Å². The molecule has 1 saturated carbocycles. The fourth-order valence-corrected chi connectivity index (χ4v) is 2.79. The van der Waals surface area contributed by atoms with Crippen molar-refractivity contribution in [2.24, 2.45) is 29.2 Å². The molecule has 0 heterocycles. The van der Waals surface area contributed by atoms with Gasteiger partial charge in [-0.3, -0.25) is 9.59 Å². The Kier molecular flexibility index (Phi) is 5.79. The second-order valence-corrected chi connectivity index (χ2v) is 6.24. The van der Waals surface area contributed by atoms with Gasteiger partial charge in [0.25, 0.3) is 0 Å². The molecule has 0 radical (unpaired) electrons. The molecule has 3 atom stereocenters. The first-order valence-electron chi connectivity index (χ1n) is 7.14. The van der Waals surface area contributed by atoms with Crippen LogP contribution in [0.15, 0.2) is 0 Å². The number of carbonyl (C=O) groups excluding carboxylic acids is 2. The molecular formula is C14H27N3O2. The molecule has 0 spiro atoms. The Labute approximate surface area is 115 Å². The van der Waals surface area contributed by atoms with Gasteiger partial charge < -0.3 is 16.4 Å². The van der Waals surface area contributed by atoms with E-state index in [0.29, 0.717) is 24.8 Å². The molecule has 1 aliphatic carbocycles. The monoisotopic (exact) mass is 269 g/mol. The average Bonchev–Trinajstić information content (AvgIpc) is 2.29. The standard InChI is InChI=1S/C14H27N3O2/c1-9(2)7-17(8-13(16)18)14(19)12-6-11(15)5-4-10(12)3/h9-12H,4-8,15H2,1-3H3,(H2,16,18). The molecule has 5 nitrogen and oxygen atoms in total. The van der Waals surface area contributed by atoms with E-state index >= 15 is 0 Å². The molecular weight excluding hydrogens is 242 g/mol. The van der Waals surface area contributed by atoms with Crippen LogP contribution in [0, 0.1) is 17.8 Å². The number of carbonyl (C=O) groups is 2. The van der Waals surface area contributed by atoms with Crippen molar-refractivity contribution in [3.8, 4) is 0 Å². The van der Waals surface area contributed by atoms with Gasteiger partial charge in [0, 0.05) is 18.5 Å². The van der Waals surface area contributed by atoms with E-state index in [-0.39, 0.29) is 24.4 Å². The second kappa shape index (κ2) is 6.89. The SMILES string of the molecule is CC(C)CN(CC(N)=O)C(=O)C1CC(N)CCC1C. The molecule has 0 bridgehead atoms. The van der Waals surface area contributed by atoms with Crippen molar-refractivity contribution in [3.63, 3.8) is 0 Å². The Morgan fingerprint density at radius 3 is 2.47 bits per heavy atom. The van der Waals surface area contributed by atoms with Crippen LogP contribution in [0.4, 0.5) is 0 Å². The third-order valence-electron chi connectivity index (χ3n) is 3.80. The fraction of sp³-hybridized carbons (Fsp3) is 0.857. The van der Waals surface area contributed by atoms with Crippen molar-refractivity contribution in [2.75, 3.05) is 13.1 Å². The van der Waals surface area contributed by atoms with Crippen molar-refractivity contribution in [2.45, 2.75) is 46.1 Å². The van der Waals surface area contributed by atoms with E-state index in [1.165, 1.54) is 0 Å². The highest BCUT2D eigenvalue weighted by molar-refractivity contribution is 5.85. The molecule has 1 aliphatic rings. The Bertz CT molecular complexity index is 331. The maximum Gasteiger partial charge on any atom is 0.237 e. The van der Waals surface area contributed by atoms with Crippen molar-refractivity contribution in [1.82, 2.24) is 4.90 Å². The van der Waals surface area contributed by atoms with E-state index < -0.39 is 5.91 Å². The van der Waals surface area contributed by atoms with Crippen LogP contribution in [-0.2, 0) is 9.59 Å². The lowest BCUT2D eigenvalue weighted by Crippen LogP contribution is -2.47. The van der Waals surface area contributed by atoms with Gasteiger partial charge in [-0.1, -0.05) is 20.8 Å². The lowest BCUT2D eigenvalue weighted by Gasteiger charge is -2.35. The molecule has 1 fully saturated rings. The van der Waals surface area contributed by atoms with Gasteiger partial charge >= 0.3 is 0 Å². The molecule has 3 unspecified atom stereocenters. The second-order valence-electron chi connectivity index (χ2n) is 6.24. The molecule has 0 aromatic rings. The molecule has 0 aromatic carbocycles. The number of hydrogen-bond acceptors (Lipinski definition) is 3. The Hall–Kier alpha value is -1.10. The Balaban J connectivity index is 2.75. The van der Waals surface area contributed by atoms with Gasteiger partial charge in [-0.05, 0) is 31.1 Å². The van der Waals surface area contributed by atoms with Crippen LogP contribution in [-0.4, -0.2) is 35.8 Å². The lowest BCUT2D eigenvalue weighted by atomic mass is 9.77. The van der Waals surface area contributed by atoms with Gasteiger partial charge in [-0.2, -0.15) is 0 Å². The highest BCUT2D eigenvalue weighted by Crippen LogP contribution is 2.30. The largest absolute Gasteiger partial charge is 0.368 e. The van der Waals surface area contributed by atoms with Crippen molar-refractivity contribution in [1.29, 1.82) is 0 Å². The normalized spacial score (nSPS) is 27.3. The van der Waals surface area contributed by atoms with Crippen molar-refractivity contribution in [3.05, 3.63) is 0 Å². The first-order chi connectivity index (χ1) is 8.81. The highest BCUT2D eigenvalue weighted by atomic mass is 16.2. The van der Waals surface area contributed by atoms with Crippen LogP contribution in [0.25, 0.3) is 0 Å². The first kappa shape index (κ1) is 16.0. The predicted molar refractivity (Wildman–Crippen MR) is 75.1 cm³/mol. The van der Waals surface area contributed by atoms with Crippen molar-refractivity contribution < 1.29 is 9.59 Å². The summed E-state index contributed by atoms with van der Waals surface area (Å²) in [7, 11) is 0. The molecule has 1 rings (SSSR count). The molecule has 110 valence electrons. The molecule has 4 N–H and O–H groups in total. The third-order valence-corrected chi connectivity index (χ3v) is 3.80. The summed E-state index contributed by atoms with van der Waals surface area (Å²) in [5.41, 5.74) is 11.2. The minimum absolute atomic E-state index is 0.00940. The summed E-state index contributed by atoms with van der Waals surface area (Å²) in [6.45, 7) is 6.72. The van der Waals surface area contributed by atoms with Gasteiger partial charge in [-0.25, -0.2) is 0 Å². The maximum atomic E-state index is 12.6. The summed E-state index contributed by atoms with van der Waals surface area (Å²) in [5, 5.41) is 0. The van der Waals surface area contributed by atoms with Crippen LogP contribution in [0.5, 0.6) is 0 Å². The summed E-state index contributed by atoms with van der Waals surface area (Å²) >= 11 is 0. The van der Waals surface area contributed by atoms with Crippen LogP contribution < -0.4 is 11.5 Å². The van der Waals surface area contributed by atoms with E-state index in [9.17, 15) is 9.59 Å². The van der Waals surface area contributed by atoms with Gasteiger partial charge in [0.2, 0.25) is 11.8 Å².